The van der Waals surface area contributed by atoms with Crippen LogP contribution < -0.4 is 9.64 Å². The molecule has 0 spiro atoms. The van der Waals surface area contributed by atoms with Crippen LogP contribution in [0.25, 0.3) is 6.08 Å². The molecule has 3 aromatic carbocycles. The molecule has 0 saturated carbocycles. The third kappa shape index (κ3) is 3.42. The van der Waals surface area contributed by atoms with Crippen LogP contribution in [0.5, 0.6) is 5.75 Å². The van der Waals surface area contributed by atoms with Crippen LogP contribution in [0.2, 0.25) is 5.02 Å². The number of anilines is 1. The summed E-state index contributed by atoms with van der Waals surface area (Å²) in [6, 6.07) is 24.3. The molecule has 0 atom stereocenters. The van der Waals surface area contributed by atoms with E-state index in [2.05, 4.69) is 4.99 Å². The van der Waals surface area contributed by atoms with Crippen molar-refractivity contribution in [3.8, 4) is 5.75 Å². The maximum absolute atomic E-state index is 13.2. The second-order valence-corrected chi connectivity index (χ2v) is 6.60. The van der Waals surface area contributed by atoms with E-state index in [-0.39, 0.29) is 5.91 Å². The first-order valence-corrected chi connectivity index (χ1v) is 9.14. The monoisotopic (exact) mass is 388 g/mol. The van der Waals surface area contributed by atoms with Crippen LogP contribution in [0, 0.1) is 0 Å². The minimum Gasteiger partial charge on any atom is -0.497 e. The molecule has 3 aromatic rings. The zero-order chi connectivity index (χ0) is 19.5. The molecule has 28 heavy (non-hydrogen) atoms. The maximum Gasteiger partial charge on any atom is 0.282 e. The molecule has 0 radical (unpaired) electrons. The largest absolute Gasteiger partial charge is 0.497 e. The number of carbonyl (C=O) groups excluding carboxylic acids is 1. The highest BCUT2D eigenvalue weighted by Gasteiger charge is 2.33. The highest BCUT2D eigenvalue weighted by atomic mass is 35.5. The van der Waals surface area contributed by atoms with Crippen LogP contribution in [-0.2, 0) is 4.79 Å². The number of hydrogen-bond acceptors (Lipinski definition) is 3. The Bertz CT molecular complexity index is 1070. The van der Waals surface area contributed by atoms with E-state index in [1.165, 1.54) is 0 Å². The molecule has 0 unspecified atom stereocenters. The Labute approximate surface area is 168 Å². The van der Waals surface area contributed by atoms with Gasteiger partial charge in [-0.3, -0.25) is 9.69 Å². The van der Waals surface area contributed by atoms with E-state index in [1.54, 1.807) is 24.2 Å². The van der Waals surface area contributed by atoms with Gasteiger partial charge in [0.25, 0.3) is 5.91 Å². The minimum absolute atomic E-state index is 0.197. The summed E-state index contributed by atoms with van der Waals surface area (Å²) < 4.78 is 5.19. The minimum atomic E-state index is -0.197. The SMILES string of the molecule is COc1ccc(/C=C2/N=C(c3ccccc3Cl)N(c3ccccc3)C2=O)cc1. The first-order valence-electron chi connectivity index (χ1n) is 8.76. The second-order valence-electron chi connectivity index (χ2n) is 6.19. The Morgan fingerprint density at radius 3 is 2.29 bits per heavy atom. The number of halogens is 1. The first-order chi connectivity index (χ1) is 13.7. The van der Waals surface area contributed by atoms with Crippen molar-refractivity contribution in [2.45, 2.75) is 0 Å². The highest BCUT2D eigenvalue weighted by Crippen LogP contribution is 2.30. The molecule has 0 aromatic heterocycles. The summed E-state index contributed by atoms with van der Waals surface area (Å²) >= 11 is 6.39. The molecule has 0 N–H and O–H groups in total. The van der Waals surface area contributed by atoms with E-state index in [0.717, 1.165) is 17.0 Å². The van der Waals surface area contributed by atoms with Crippen LogP contribution in [-0.4, -0.2) is 18.9 Å². The molecular formula is C23H17ClN2O2. The number of amidine groups is 1. The number of carbonyl (C=O) groups is 1. The third-order valence-electron chi connectivity index (χ3n) is 4.41. The molecule has 138 valence electrons. The average Bonchev–Trinajstić information content (AvgIpc) is 3.05. The molecular weight excluding hydrogens is 372 g/mol. The van der Waals surface area contributed by atoms with Crippen molar-refractivity contribution in [2.75, 3.05) is 12.0 Å². The zero-order valence-corrected chi connectivity index (χ0v) is 15.9. The van der Waals surface area contributed by atoms with E-state index >= 15 is 0 Å². The zero-order valence-electron chi connectivity index (χ0n) is 15.2. The van der Waals surface area contributed by atoms with Crippen molar-refractivity contribution < 1.29 is 9.53 Å². The number of methoxy groups -OCH3 is 1. The quantitative estimate of drug-likeness (QED) is 0.577. The van der Waals surface area contributed by atoms with E-state index in [0.29, 0.717) is 22.1 Å². The van der Waals surface area contributed by atoms with Gasteiger partial charge in [-0.1, -0.05) is 54.1 Å². The molecule has 5 heteroatoms. The van der Waals surface area contributed by atoms with Gasteiger partial charge >= 0.3 is 0 Å². The number of amides is 1. The summed E-state index contributed by atoms with van der Waals surface area (Å²) in [6.45, 7) is 0. The fourth-order valence-electron chi connectivity index (χ4n) is 3.01. The summed E-state index contributed by atoms with van der Waals surface area (Å²) in [5, 5.41) is 0.542. The van der Waals surface area contributed by atoms with Gasteiger partial charge in [0.05, 0.1) is 17.8 Å². The Morgan fingerprint density at radius 2 is 1.61 bits per heavy atom. The molecule has 1 amide bonds. The van der Waals surface area contributed by atoms with E-state index in [1.807, 2.05) is 72.8 Å². The molecule has 0 saturated heterocycles. The van der Waals surface area contributed by atoms with Crippen molar-refractivity contribution in [1.82, 2.24) is 0 Å². The van der Waals surface area contributed by atoms with E-state index < -0.39 is 0 Å². The molecule has 0 aliphatic carbocycles. The third-order valence-corrected chi connectivity index (χ3v) is 4.74. The van der Waals surface area contributed by atoms with Crippen LogP contribution in [0.1, 0.15) is 11.1 Å². The number of hydrogen-bond donors (Lipinski definition) is 0. The standard InChI is InChI=1S/C23H17ClN2O2/c1-28-18-13-11-16(12-14-18)15-21-23(27)26(17-7-3-2-4-8-17)22(25-21)19-9-5-6-10-20(19)24/h2-15H,1H3/b21-15+. The van der Waals surface area contributed by atoms with E-state index in [4.69, 9.17) is 16.3 Å². The molecule has 0 bridgehead atoms. The van der Waals surface area contributed by atoms with E-state index in [9.17, 15) is 4.79 Å². The van der Waals surface area contributed by atoms with Gasteiger partial charge in [0, 0.05) is 5.56 Å². The Morgan fingerprint density at radius 1 is 0.929 bits per heavy atom. The van der Waals surface area contributed by atoms with Gasteiger partial charge in [-0.2, -0.15) is 0 Å². The lowest BCUT2D eigenvalue weighted by atomic mass is 10.1. The second kappa shape index (κ2) is 7.71. The van der Waals surface area contributed by atoms with Gasteiger partial charge in [0.15, 0.2) is 0 Å². The highest BCUT2D eigenvalue weighted by molar-refractivity contribution is 6.39. The van der Waals surface area contributed by atoms with Gasteiger partial charge < -0.3 is 4.74 Å². The molecule has 1 aliphatic rings. The normalized spacial score (nSPS) is 15.1. The fraction of sp³-hybridized carbons (Fsp3) is 0.0435. The number of aliphatic imine (C=N–C) groups is 1. The van der Waals surface area contributed by atoms with Crippen LogP contribution >= 0.6 is 11.6 Å². The summed E-state index contributed by atoms with van der Waals surface area (Å²) in [5.74, 6) is 1.07. The summed E-state index contributed by atoms with van der Waals surface area (Å²) in [4.78, 5) is 19.4. The summed E-state index contributed by atoms with van der Waals surface area (Å²) in [6.07, 6.45) is 1.77. The lowest BCUT2D eigenvalue weighted by Crippen LogP contribution is -2.32. The van der Waals surface area contributed by atoms with Gasteiger partial charge in [-0.15, -0.1) is 0 Å². The Kier molecular flexibility index (Phi) is 4.96. The number of rotatable bonds is 4. The van der Waals surface area contributed by atoms with Gasteiger partial charge in [-0.25, -0.2) is 4.99 Å². The topological polar surface area (TPSA) is 41.9 Å². The van der Waals surface area contributed by atoms with Crippen molar-refractivity contribution >= 4 is 35.1 Å². The molecule has 4 nitrogen and oxygen atoms in total. The smallest absolute Gasteiger partial charge is 0.282 e. The molecule has 0 fully saturated rings. The molecule has 1 aliphatic heterocycles. The van der Waals surface area contributed by atoms with Crippen molar-refractivity contribution in [3.05, 3.63) is 101 Å². The summed E-state index contributed by atoms with van der Waals surface area (Å²) in [5.41, 5.74) is 2.66. The Hall–Kier alpha value is -3.37. The molecule has 1 heterocycles. The predicted molar refractivity (Wildman–Crippen MR) is 113 cm³/mol. The first kappa shape index (κ1) is 18.0. The van der Waals surface area contributed by atoms with Crippen LogP contribution in [0.15, 0.2) is 89.6 Å². The van der Waals surface area contributed by atoms with Crippen molar-refractivity contribution in [1.29, 1.82) is 0 Å². The van der Waals surface area contributed by atoms with Gasteiger partial charge in [0.2, 0.25) is 0 Å². The predicted octanol–water partition coefficient (Wildman–Crippen LogP) is 5.18. The molecule has 4 rings (SSSR count). The number of para-hydroxylation sites is 1. The van der Waals surface area contributed by atoms with Gasteiger partial charge in [0.1, 0.15) is 17.3 Å². The maximum atomic E-state index is 13.2. The van der Waals surface area contributed by atoms with Crippen molar-refractivity contribution in [3.63, 3.8) is 0 Å². The Balaban J connectivity index is 1.81. The van der Waals surface area contributed by atoms with Gasteiger partial charge in [-0.05, 0) is 48.0 Å². The number of ether oxygens (including phenoxy) is 1. The number of nitrogens with zero attached hydrogens (tertiary/aromatic N) is 2. The van der Waals surface area contributed by atoms with Crippen molar-refractivity contribution in [2.24, 2.45) is 4.99 Å². The lowest BCUT2D eigenvalue weighted by molar-refractivity contribution is -0.113. The lowest BCUT2D eigenvalue weighted by Gasteiger charge is -2.19. The number of benzene rings is 3. The average molecular weight is 389 g/mol. The summed E-state index contributed by atoms with van der Waals surface area (Å²) in [7, 11) is 1.62. The van der Waals surface area contributed by atoms with Crippen LogP contribution in [0.4, 0.5) is 5.69 Å². The fourth-order valence-corrected chi connectivity index (χ4v) is 3.23. The van der Waals surface area contributed by atoms with Crippen LogP contribution in [0.3, 0.4) is 0 Å².